The lowest BCUT2D eigenvalue weighted by Gasteiger charge is -2.26. The summed E-state index contributed by atoms with van der Waals surface area (Å²) >= 11 is 0. The van der Waals surface area contributed by atoms with Crippen LogP contribution in [0.3, 0.4) is 0 Å². The summed E-state index contributed by atoms with van der Waals surface area (Å²) in [5.74, 6) is -0.00684. The molecule has 0 amide bonds. The van der Waals surface area contributed by atoms with Crippen LogP contribution in [0.4, 0.5) is 0 Å². The predicted molar refractivity (Wildman–Crippen MR) is 85.3 cm³/mol. The van der Waals surface area contributed by atoms with Gasteiger partial charge in [0, 0.05) is 12.6 Å². The minimum absolute atomic E-state index is 0.277. The third-order valence-corrected chi connectivity index (χ3v) is 4.67. The summed E-state index contributed by atoms with van der Waals surface area (Å²) < 4.78 is 0. The monoisotopic (exact) mass is 289 g/mol. The van der Waals surface area contributed by atoms with Crippen LogP contribution in [0.2, 0.25) is 0 Å². The second-order valence-corrected chi connectivity index (χ2v) is 7.10. The number of aliphatic carboxylic acids is 1. The van der Waals surface area contributed by atoms with Gasteiger partial charge in [-0.05, 0) is 50.3 Å². The Balaban J connectivity index is 2.04. The van der Waals surface area contributed by atoms with Gasteiger partial charge in [0.25, 0.3) is 0 Å². The molecule has 21 heavy (non-hydrogen) atoms. The Morgan fingerprint density at radius 2 is 1.90 bits per heavy atom. The molecule has 0 aliphatic carbocycles. The normalized spacial score (nSPS) is 24.4. The van der Waals surface area contributed by atoms with E-state index in [2.05, 4.69) is 49.9 Å². The summed E-state index contributed by atoms with van der Waals surface area (Å²) in [6, 6.07) is 9.08. The maximum Gasteiger partial charge on any atom is 0.310 e. The first kappa shape index (κ1) is 16.0. The second-order valence-electron chi connectivity index (χ2n) is 7.10. The van der Waals surface area contributed by atoms with Gasteiger partial charge in [-0.3, -0.25) is 9.69 Å². The molecular formula is C18H27NO2. The van der Waals surface area contributed by atoms with Crippen LogP contribution in [0.15, 0.2) is 24.3 Å². The quantitative estimate of drug-likeness (QED) is 0.897. The van der Waals surface area contributed by atoms with E-state index < -0.39 is 11.4 Å². The van der Waals surface area contributed by atoms with E-state index in [4.69, 9.17) is 0 Å². The van der Waals surface area contributed by atoms with Gasteiger partial charge in [0.2, 0.25) is 0 Å². The first-order valence-corrected chi connectivity index (χ1v) is 7.88. The van der Waals surface area contributed by atoms with E-state index in [1.54, 1.807) is 0 Å². The fraction of sp³-hybridized carbons (Fsp3) is 0.611. The van der Waals surface area contributed by atoms with E-state index in [0.29, 0.717) is 12.5 Å². The molecule has 0 aromatic heterocycles. The summed E-state index contributed by atoms with van der Waals surface area (Å²) in [5.41, 5.74) is 2.06. The fourth-order valence-electron chi connectivity index (χ4n) is 3.12. The highest BCUT2D eigenvalue weighted by Crippen LogP contribution is 2.35. The smallest absolute Gasteiger partial charge is 0.310 e. The first-order chi connectivity index (χ1) is 9.82. The van der Waals surface area contributed by atoms with Crippen LogP contribution >= 0.6 is 0 Å². The van der Waals surface area contributed by atoms with Crippen molar-refractivity contribution in [1.82, 2.24) is 4.90 Å². The summed E-state index contributed by atoms with van der Waals surface area (Å²) in [6.45, 7) is 9.98. The summed E-state index contributed by atoms with van der Waals surface area (Å²) in [7, 11) is 0. The SMILES string of the molecule is CC(C)Cc1ccc(C(C)N2CCC(C)(C(=O)O)C2)cc1. The highest BCUT2D eigenvalue weighted by Gasteiger charge is 2.41. The van der Waals surface area contributed by atoms with Gasteiger partial charge >= 0.3 is 5.97 Å². The maximum atomic E-state index is 11.3. The van der Waals surface area contributed by atoms with Gasteiger partial charge < -0.3 is 5.11 Å². The zero-order valence-corrected chi connectivity index (χ0v) is 13.6. The number of rotatable bonds is 5. The molecule has 1 N–H and O–H groups in total. The Morgan fingerprint density at radius 3 is 2.38 bits per heavy atom. The molecule has 1 aliphatic rings. The first-order valence-electron chi connectivity index (χ1n) is 7.88. The lowest BCUT2D eigenvalue weighted by molar-refractivity contribution is -0.147. The fourth-order valence-corrected chi connectivity index (χ4v) is 3.12. The Kier molecular flexibility index (Phi) is 4.72. The van der Waals surface area contributed by atoms with Gasteiger partial charge in [-0.1, -0.05) is 38.1 Å². The van der Waals surface area contributed by atoms with Crippen LogP contribution in [-0.2, 0) is 11.2 Å². The zero-order chi connectivity index (χ0) is 15.6. The second kappa shape index (κ2) is 6.18. The average molecular weight is 289 g/mol. The largest absolute Gasteiger partial charge is 0.481 e. The van der Waals surface area contributed by atoms with Crippen LogP contribution in [0.1, 0.15) is 51.3 Å². The summed E-state index contributed by atoms with van der Waals surface area (Å²) in [4.78, 5) is 13.6. The molecule has 0 radical (unpaired) electrons. The Labute approximate surface area is 128 Å². The lowest BCUT2D eigenvalue weighted by atomic mass is 9.90. The molecule has 1 fully saturated rings. The van der Waals surface area contributed by atoms with Gasteiger partial charge in [-0.2, -0.15) is 0 Å². The minimum atomic E-state index is -0.676. The van der Waals surface area contributed by atoms with Gasteiger partial charge in [-0.15, -0.1) is 0 Å². The number of carboxylic acids is 1. The van der Waals surface area contributed by atoms with E-state index >= 15 is 0 Å². The summed E-state index contributed by atoms with van der Waals surface area (Å²) in [5, 5.41) is 9.34. The van der Waals surface area contributed by atoms with E-state index in [1.807, 2.05) is 6.92 Å². The van der Waals surface area contributed by atoms with Crippen LogP contribution in [0.25, 0.3) is 0 Å². The van der Waals surface area contributed by atoms with Gasteiger partial charge in [0.1, 0.15) is 0 Å². The molecule has 1 aromatic rings. The highest BCUT2D eigenvalue weighted by molar-refractivity contribution is 5.74. The van der Waals surface area contributed by atoms with Crippen molar-refractivity contribution >= 4 is 5.97 Å². The van der Waals surface area contributed by atoms with E-state index in [-0.39, 0.29) is 6.04 Å². The van der Waals surface area contributed by atoms with Crippen molar-refractivity contribution < 1.29 is 9.90 Å². The molecule has 0 bridgehead atoms. The Hall–Kier alpha value is -1.35. The Bertz CT molecular complexity index is 494. The molecule has 2 atom stereocenters. The van der Waals surface area contributed by atoms with Crippen molar-refractivity contribution in [3.8, 4) is 0 Å². The number of hydrogen-bond acceptors (Lipinski definition) is 2. The van der Waals surface area contributed by atoms with Gasteiger partial charge in [0.05, 0.1) is 5.41 Å². The number of likely N-dealkylation sites (tertiary alicyclic amines) is 1. The van der Waals surface area contributed by atoms with Crippen molar-refractivity contribution in [2.24, 2.45) is 11.3 Å². The third-order valence-electron chi connectivity index (χ3n) is 4.67. The number of benzene rings is 1. The Morgan fingerprint density at radius 1 is 1.29 bits per heavy atom. The van der Waals surface area contributed by atoms with Crippen molar-refractivity contribution in [1.29, 1.82) is 0 Å². The summed E-state index contributed by atoms with van der Waals surface area (Å²) in [6.07, 6.45) is 1.84. The molecule has 3 nitrogen and oxygen atoms in total. The molecule has 2 rings (SSSR count). The van der Waals surface area contributed by atoms with E-state index in [9.17, 15) is 9.90 Å². The molecule has 0 saturated carbocycles. The molecule has 1 heterocycles. The topological polar surface area (TPSA) is 40.5 Å². The van der Waals surface area contributed by atoms with Crippen LogP contribution in [-0.4, -0.2) is 29.1 Å². The van der Waals surface area contributed by atoms with Gasteiger partial charge in [0.15, 0.2) is 0 Å². The number of carbonyl (C=O) groups is 1. The van der Waals surface area contributed by atoms with E-state index in [1.165, 1.54) is 11.1 Å². The maximum absolute atomic E-state index is 11.3. The van der Waals surface area contributed by atoms with Crippen LogP contribution in [0, 0.1) is 11.3 Å². The third kappa shape index (κ3) is 3.65. The average Bonchev–Trinajstić information content (AvgIpc) is 2.82. The van der Waals surface area contributed by atoms with Crippen molar-refractivity contribution in [2.45, 2.75) is 46.6 Å². The van der Waals surface area contributed by atoms with Crippen LogP contribution in [0.5, 0.6) is 0 Å². The predicted octanol–water partition coefficient (Wildman–Crippen LogP) is 3.74. The molecule has 1 aromatic carbocycles. The molecule has 3 heteroatoms. The molecule has 1 aliphatic heterocycles. The van der Waals surface area contributed by atoms with Crippen molar-refractivity contribution in [2.75, 3.05) is 13.1 Å². The minimum Gasteiger partial charge on any atom is -0.481 e. The molecule has 0 spiro atoms. The van der Waals surface area contributed by atoms with Crippen molar-refractivity contribution in [3.05, 3.63) is 35.4 Å². The number of carboxylic acid groups (broad SMARTS) is 1. The van der Waals surface area contributed by atoms with Crippen molar-refractivity contribution in [3.63, 3.8) is 0 Å². The lowest BCUT2D eigenvalue weighted by Crippen LogP contribution is -2.32. The molecule has 116 valence electrons. The molecule has 1 saturated heterocycles. The van der Waals surface area contributed by atoms with Gasteiger partial charge in [-0.25, -0.2) is 0 Å². The van der Waals surface area contributed by atoms with Crippen LogP contribution < -0.4 is 0 Å². The number of hydrogen-bond donors (Lipinski definition) is 1. The number of nitrogens with zero attached hydrogens (tertiary/aromatic N) is 1. The molecule has 2 unspecified atom stereocenters. The molecular weight excluding hydrogens is 262 g/mol. The zero-order valence-electron chi connectivity index (χ0n) is 13.6. The van der Waals surface area contributed by atoms with E-state index in [0.717, 1.165) is 19.4 Å². The highest BCUT2D eigenvalue weighted by atomic mass is 16.4. The standard InChI is InChI=1S/C18H27NO2/c1-13(2)11-15-5-7-16(8-6-15)14(3)19-10-9-18(4,12-19)17(20)21/h5-8,13-14H,9-12H2,1-4H3,(H,20,21).